The van der Waals surface area contributed by atoms with Gasteiger partial charge in [0.1, 0.15) is 5.75 Å². The first-order valence-electron chi connectivity index (χ1n) is 7.57. The topological polar surface area (TPSA) is 40.5 Å². The molecule has 1 atom stereocenters. The average molecular weight is 310 g/mol. The first kappa shape index (κ1) is 16.2. The van der Waals surface area contributed by atoms with Crippen LogP contribution in [0.5, 0.6) is 5.75 Å². The van der Waals surface area contributed by atoms with E-state index in [9.17, 15) is 9.90 Å². The predicted molar refractivity (Wildman–Crippen MR) is 85.8 cm³/mol. The lowest BCUT2D eigenvalue weighted by atomic mass is 9.77. The number of rotatable bonds is 1. The smallest absolute Gasteiger partial charge is 0.253 e. The molecular formula is C17H24ClNO2. The molecule has 21 heavy (non-hydrogen) atoms. The molecule has 3 nitrogen and oxygen atoms in total. The van der Waals surface area contributed by atoms with E-state index in [2.05, 4.69) is 20.8 Å². The fourth-order valence-corrected chi connectivity index (χ4v) is 3.17. The Labute approximate surface area is 131 Å². The van der Waals surface area contributed by atoms with Gasteiger partial charge in [0.05, 0.1) is 5.02 Å². The van der Waals surface area contributed by atoms with Gasteiger partial charge in [0.15, 0.2) is 0 Å². The average Bonchev–Trinajstić information content (AvgIpc) is 2.66. The van der Waals surface area contributed by atoms with Crippen LogP contribution in [0.4, 0.5) is 0 Å². The second-order valence-electron chi connectivity index (χ2n) is 6.95. The summed E-state index contributed by atoms with van der Waals surface area (Å²) in [6.07, 6.45) is 3.25. The van der Waals surface area contributed by atoms with Crippen molar-refractivity contribution in [3.63, 3.8) is 0 Å². The molecule has 2 rings (SSSR count). The number of hydrogen-bond acceptors (Lipinski definition) is 2. The molecular weight excluding hydrogens is 286 g/mol. The lowest BCUT2D eigenvalue weighted by molar-refractivity contribution is 0.0755. The summed E-state index contributed by atoms with van der Waals surface area (Å²) in [6.45, 7) is 8.40. The summed E-state index contributed by atoms with van der Waals surface area (Å²) >= 11 is 5.89. The van der Waals surface area contributed by atoms with E-state index in [1.807, 2.05) is 4.90 Å². The van der Waals surface area contributed by atoms with Crippen molar-refractivity contribution in [2.24, 2.45) is 11.3 Å². The van der Waals surface area contributed by atoms with Crippen molar-refractivity contribution in [3.8, 4) is 5.75 Å². The Balaban J connectivity index is 2.08. The maximum atomic E-state index is 12.6. The van der Waals surface area contributed by atoms with E-state index >= 15 is 0 Å². The van der Waals surface area contributed by atoms with Crippen LogP contribution in [-0.2, 0) is 0 Å². The van der Waals surface area contributed by atoms with Crippen LogP contribution < -0.4 is 0 Å². The summed E-state index contributed by atoms with van der Waals surface area (Å²) in [5.41, 5.74) is 0.841. The number of nitrogens with zero attached hydrogens (tertiary/aromatic N) is 1. The third-order valence-corrected chi connectivity index (χ3v) is 4.74. The zero-order valence-corrected chi connectivity index (χ0v) is 13.8. The molecule has 0 aromatic heterocycles. The van der Waals surface area contributed by atoms with Crippen molar-refractivity contribution >= 4 is 17.5 Å². The number of benzene rings is 1. The Morgan fingerprint density at radius 3 is 2.62 bits per heavy atom. The van der Waals surface area contributed by atoms with Crippen LogP contribution in [0.25, 0.3) is 0 Å². The first-order valence-corrected chi connectivity index (χ1v) is 7.94. The van der Waals surface area contributed by atoms with Crippen LogP contribution in [-0.4, -0.2) is 29.0 Å². The maximum Gasteiger partial charge on any atom is 0.253 e. The molecule has 1 amide bonds. The molecule has 1 aromatic rings. The molecule has 0 saturated carbocycles. The number of phenols is 1. The Morgan fingerprint density at radius 1 is 1.29 bits per heavy atom. The van der Waals surface area contributed by atoms with E-state index in [4.69, 9.17) is 11.6 Å². The van der Waals surface area contributed by atoms with Gasteiger partial charge in [-0.3, -0.25) is 4.79 Å². The van der Waals surface area contributed by atoms with Gasteiger partial charge in [-0.25, -0.2) is 0 Å². The summed E-state index contributed by atoms with van der Waals surface area (Å²) in [6, 6.07) is 4.66. The quantitative estimate of drug-likeness (QED) is 0.838. The highest BCUT2D eigenvalue weighted by atomic mass is 35.5. The molecule has 4 heteroatoms. The van der Waals surface area contributed by atoms with Gasteiger partial charge in [-0.2, -0.15) is 0 Å². The molecule has 0 aliphatic carbocycles. The van der Waals surface area contributed by atoms with Gasteiger partial charge >= 0.3 is 0 Å². The van der Waals surface area contributed by atoms with Crippen molar-refractivity contribution in [1.82, 2.24) is 4.90 Å². The van der Waals surface area contributed by atoms with Crippen LogP contribution in [0.2, 0.25) is 5.02 Å². The fraction of sp³-hybridized carbons (Fsp3) is 0.588. The van der Waals surface area contributed by atoms with E-state index in [1.54, 1.807) is 12.1 Å². The van der Waals surface area contributed by atoms with Gasteiger partial charge < -0.3 is 10.0 Å². The number of aromatic hydroxyl groups is 1. The fourth-order valence-electron chi connectivity index (χ4n) is 2.99. The summed E-state index contributed by atoms with van der Waals surface area (Å²) in [4.78, 5) is 14.5. The normalized spacial score (nSPS) is 20.2. The third-order valence-electron chi connectivity index (χ3n) is 4.43. The second kappa shape index (κ2) is 6.27. The summed E-state index contributed by atoms with van der Waals surface area (Å²) in [5, 5.41) is 9.67. The first-order chi connectivity index (χ1) is 9.79. The predicted octanol–water partition coefficient (Wildman–Crippen LogP) is 4.33. The molecule has 1 fully saturated rings. The van der Waals surface area contributed by atoms with E-state index < -0.39 is 0 Å². The van der Waals surface area contributed by atoms with Crippen LogP contribution in [0, 0.1) is 11.3 Å². The number of halogens is 1. The van der Waals surface area contributed by atoms with Crippen molar-refractivity contribution in [2.45, 2.75) is 40.0 Å². The molecule has 1 N–H and O–H groups in total. The van der Waals surface area contributed by atoms with Crippen molar-refractivity contribution < 1.29 is 9.90 Å². The largest absolute Gasteiger partial charge is 0.506 e. The summed E-state index contributed by atoms with van der Waals surface area (Å²) < 4.78 is 0. The highest BCUT2D eigenvalue weighted by Crippen LogP contribution is 2.34. The van der Waals surface area contributed by atoms with Crippen molar-refractivity contribution in [3.05, 3.63) is 28.8 Å². The van der Waals surface area contributed by atoms with E-state index in [0.29, 0.717) is 16.9 Å². The lowest BCUT2D eigenvalue weighted by Crippen LogP contribution is -2.32. The minimum Gasteiger partial charge on any atom is -0.506 e. The van der Waals surface area contributed by atoms with Gasteiger partial charge in [-0.05, 0) is 48.8 Å². The highest BCUT2D eigenvalue weighted by molar-refractivity contribution is 6.32. The zero-order chi connectivity index (χ0) is 15.6. The van der Waals surface area contributed by atoms with Crippen LogP contribution >= 0.6 is 11.6 Å². The monoisotopic (exact) mass is 309 g/mol. The van der Waals surface area contributed by atoms with Crippen LogP contribution in [0.15, 0.2) is 18.2 Å². The van der Waals surface area contributed by atoms with E-state index in [-0.39, 0.29) is 16.7 Å². The van der Waals surface area contributed by atoms with Gasteiger partial charge in [-0.1, -0.05) is 32.4 Å². The maximum absolute atomic E-state index is 12.6. The van der Waals surface area contributed by atoms with E-state index in [0.717, 1.165) is 25.9 Å². The Morgan fingerprint density at radius 2 is 2.00 bits per heavy atom. The molecule has 0 spiro atoms. The third kappa shape index (κ3) is 3.91. The van der Waals surface area contributed by atoms with E-state index in [1.165, 1.54) is 12.5 Å². The van der Waals surface area contributed by atoms with Gasteiger partial charge in [-0.15, -0.1) is 0 Å². The number of hydrogen-bond donors (Lipinski definition) is 1. The molecule has 1 unspecified atom stereocenters. The minimum absolute atomic E-state index is 0.00598. The van der Waals surface area contributed by atoms with Gasteiger partial charge in [0.25, 0.3) is 5.91 Å². The molecule has 116 valence electrons. The SMILES string of the molecule is CC(C)(C)C1CCCN(C(=O)c2ccc(O)c(Cl)c2)CC1. The Bertz CT molecular complexity index is 522. The molecule has 0 radical (unpaired) electrons. The Hall–Kier alpha value is -1.22. The van der Waals surface area contributed by atoms with Crippen LogP contribution in [0.3, 0.4) is 0 Å². The molecule has 0 bridgehead atoms. The minimum atomic E-state index is 0.00598. The lowest BCUT2D eigenvalue weighted by Gasteiger charge is -2.29. The molecule has 1 heterocycles. The van der Waals surface area contributed by atoms with Gasteiger partial charge in [0.2, 0.25) is 0 Å². The number of carbonyl (C=O) groups is 1. The number of carbonyl (C=O) groups excluding carboxylic acids is 1. The van der Waals surface area contributed by atoms with Crippen molar-refractivity contribution in [1.29, 1.82) is 0 Å². The molecule has 1 aliphatic rings. The molecule has 1 aliphatic heterocycles. The van der Waals surface area contributed by atoms with Gasteiger partial charge in [0, 0.05) is 18.7 Å². The number of likely N-dealkylation sites (tertiary alicyclic amines) is 1. The standard InChI is InChI=1S/C17H24ClNO2/c1-17(2,3)13-5-4-9-19(10-8-13)16(21)12-6-7-15(20)14(18)11-12/h6-7,11,13,20H,4-5,8-10H2,1-3H3. The molecule has 1 saturated heterocycles. The highest BCUT2D eigenvalue weighted by Gasteiger charge is 2.28. The number of amides is 1. The van der Waals surface area contributed by atoms with Crippen LogP contribution in [0.1, 0.15) is 50.4 Å². The summed E-state index contributed by atoms with van der Waals surface area (Å²) in [5.74, 6) is 0.669. The van der Waals surface area contributed by atoms with Crippen molar-refractivity contribution in [2.75, 3.05) is 13.1 Å². The molecule has 1 aromatic carbocycles. The number of phenolic OH excluding ortho intramolecular Hbond substituents is 1. The zero-order valence-electron chi connectivity index (χ0n) is 13.0. The summed E-state index contributed by atoms with van der Waals surface area (Å²) in [7, 11) is 0. The Kier molecular flexibility index (Phi) is 4.82. The second-order valence-corrected chi connectivity index (χ2v) is 7.36.